The maximum atomic E-state index is 5.12. The Hall–Kier alpha value is -2.52. The molecule has 8 bridgehead atoms. The van der Waals surface area contributed by atoms with Crippen molar-refractivity contribution in [2.24, 2.45) is 7.05 Å². The average molecular weight is 619 g/mol. The van der Waals surface area contributed by atoms with E-state index in [0.717, 1.165) is 33.9 Å². The fourth-order valence-electron chi connectivity index (χ4n) is 4.54. The van der Waals surface area contributed by atoms with Crippen molar-refractivity contribution in [3.05, 3.63) is 83.7 Å². The van der Waals surface area contributed by atoms with Crippen LogP contribution in [-0.4, -0.2) is 24.3 Å². The van der Waals surface area contributed by atoms with Crippen molar-refractivity contribution < 1.29 is 21.1 Å². The Morgan fingerprint density at radius 1 is 0.879 bits per heavy atom. The van der Waals surface area contributed by atoms with Crippen molar-refractivity contribution in [3.8, 4) is 17.1 Å². The predicted molar refractivity (Wildman–Crippen MR) is 126 cm³/mol. The van der Waals surface area contributed by atoms with E-state index in [1.54, 1.807) is 0 Å². The third kappa shape index (κ3) is 3.52. The van der Waals surface area contributed by atoms with E-state index < -0.39 is 0 Å². The Balaban J connectivity index is 0.00000259. The van der Waals surface area contributed by atoms with Crippen LogP contribution in [0.25, 0.3) is 17.1 Å². The molecule has 33 heavy (non-hydrogen) atoms. The molecule has 0 atom stereocenters. The van der Waals surface area contributed by atoms with Crippen molar-refractivity contribution in [2.45, 2.75) is 57.8 Å². The molecule has 0 spiro atoms. The van der Waals surface area contributed by atoms with Crippen molar-refractivity contribution >= 4 is 0 Å². The number of nitrogens with zero attached hydrogens (tertiary/aromatic N) is 5. The second-order valence-corrected chi connectivity index (χ2v) is 10.4. The minimum atomic E-state index is -0.306. The molecule has 5 rings (SSSR count). The van der Waals surface area contributed by atoms with Crippen LogP contribution in [0.4, 0.5) is 0 Å². The van der Waals surface area contributed by atoms with Crippen LogP contribution in [0.1, 0.15) is 64.2 Å². The van der Waals surface area contributed by atoms with Crippen LogP contribution < -0.4 is 0 Å². The summed E-state index contributed by atoms with van der Waals surface area (Å²) in [5.41, 5.74) is 4.19. The summed E-state index contributed by atoms with van der Waals surface area (Å²) in [6.07, 6.45) is 5.92. The maximum absolute atomic E-state index is 5.12. The molecule has 0 amide bonds. The molecule has 1 aromatic carbocycles. The largest absolute Gasteiger partial charge is 2.00 e. The van der Waals surface area contributed by atoms with E-state index in [2.05, 4.69) is 101 Å². The van der Waals surface area contributed by atoms with E-state index in [1.165, 1.54) is 0 Å². The fraction of sp³-hybridized carbons (Fsp3) is 0.370. The smallest absolute Gasteiger partial charge is 0.347 e. The molecule has 5 nitrogen and oxygen atoms in total. The molecule has 0 aliphatic carbocycles. The summed E-state index contributed by atoms with van der Waals surface area (Å²) in [4.78, 5) is 9.69. The molecule has 0 radical (unpaired) electrons. The Bertz CT molecular complexity index is 1330. The first-order chi connectivity index (χ1) is 15.0. The van der Waals surface area contributed by atoms with Crippen LogP contribution in [0.3, 0.4) is 0 Å². The number of fused-ring (bicyclic) bond motifs is 10. The molecule has 6 heteroatoms. The van der Waals surface area contributed by atoms with Gasteiger partial charge in [0.05, 0.1) is 11.5 Å². The van der Waals surface area contributed by atoms with E-state index in [4.69, 9.17) is 10.1 Å². The van der Waals surface area contributed by atoms with Crippen molar-refractivity contribution in [3.63, 3.8) is 0 Å². The van der Waals surface area contributed by atoms with Gasteiger partial charge in [0.2, 0.25) is 0 Å². The van der Waals surface area contributed by atoms with Crippen LogP contribution in [-0.2, 0) is 44.4 Å². The van der Waals surface area contributed by atoms with Crippen LogP contribution in [0.2, 0.25) is 0 Å². The van der Waals surface area contributed by atoms with Gasteiger partial charge in [0.1, 0.15) is 5.82 Å². The third-order valence-electron chi connectivity index (χ3n) is 7.55. The zero-order chi connectivity index (χ0) is 22.9. The summed E-state index contributed by atoms with van der Waals surface area (Å²) in [7, 11) is 2.07. The summed E-state index contributed by atoms with van der Waals surface area (Å²) >= 11 is 0. The van der Waals surface area contributed by atoms with Crippen molar-refractivity contribution in [1.82, 2.24) is 24.3 Å². The standard InChI is InChI=1S/C27H29N5.Pt/c1-25(2)19-10-8-9-18(15-19)21-17-31(7)24(29-21)27(5,6)26(3,4)22-12-14-32(30-22)23-16-20(25)11-13-28-23;/h8-14,17H,1-7H3;/q-2;+2. The number of aryl methyl sites for hydroxylation is 1. The third-order valence-corrected chi connectivity index (χ3v) is 7.55. The van der Waals surface area contributed by atoms with E-state index in [-0.39, 0.29) is 37.3 Å². The summed E-state index contributed by atoms with van der Waals surface area (Å²) in [6.45, 7) is 13.3. The zero-order valence-electron chi connectivity index (χ0n) is 20.2. The Kier molecular flexibility index (Phi) is 5.56. The second kappa shape index (κ2) is 7.77. The molecule has 0 N–H and O–H groups in total. The number of imidazole rings is 1. The van der Waals surface area contributed by atoms with Crippen molar-refractivity contribution in [2.75, 3.05) is 0 Å². The molecular weight excluding hydrogens is 589 g/mol. The summed E-state index contributed by atoms with van der Waals surface area (Å²) in [5.74, 6) is 1.71. The van der Waals surface area contributed by atoms with E-state index >= 15 is 0 Å². The molecule has 1 aliphatic heterocycles. The van der Waals surface area contributed by atoms with Gasteiger partial charge in [-0.25, -0.2) is 10.2 Å². The number of pyridine rings is 1. The van der Waals surface area contributed by atoms with Crippen LogP contribution in [0, 0.1) is 12.1 Å². The van der Waals surface area contributed by atoms with Gasteiger partial charge in [0.15, 0.2) is 0 Å². The van der Waals surface area contributed by atoms with Crippen LogP contribution in [0.5, 0.6) is 0 Å². The van der Waals surface area contributed by atoms with Gasteiger partial charge >= 0.3 is 21.1 Å². The SMILES string of the molecule is Cn1cc2nc1C(C)(C)C(C)(C)c1ccn(n1)-c1[c-]c(ccn1)C(C)(C)c1[c-]c-2ccc1.[Pt+2]. The topological polar surface area (TPSA) is 48.5 Å². The van der Waals surface area contributed by atoms with Crippen LogP contribution in [0.15, 0.2) is 48.9 Å². The molecule has 4 heterocycles. The van der Waals surface area contributed by atoms with Gasteiger partial charge in [0.25, 0.3) is 0 Å². The molecule has 0 saturated carbocycles. The average Bonchev–Trinajstić information content (AvgIpc) is 3.41. The number of hydrogen-bond donors (Lipinski definition) is 0. The maximum Gasteiger partial charge on any atom is 2.00 e. The summed E-state index contributed by atoms with van der Waals surface area (Å²) in [5, 5.41) is 4.95. The number of rotatable bonds is 0. The molecule has 0 unspecified atom stereocenters. The molecular formula is C27H29N5Pt. The molecule has 1 aliphatic rings. The number of hydrogen-bond acceptors (Lipinski definition) is 3. The van der Waals surface area contributed by atoms with Gasteiger partial charge in [-0.2, -0.15) is 17.2 Å². The monoisotopic (exact) mass is 618 g/mol. The normalized spacial score (nSPS) is 17.4. The summed E-state index contributed by atoms with van der Waals surface area (Å²) < 4.78 is 3.97. The van der Waals surface area contributed by atoms with E-state index in [1.807, 2.05) is 23.1 Å². The second-order valence-electron chi connectivity index (χ2n) is 10.4. The fourth-order valence-corrected chi connectivity index (χ4v) is 4.54. The summed E-state index contributed by atoms with van der Waals surface area (Å²) in [6, 6.07) is 17.6. The molecule has 0 fully saturated rings. The predicted octanol–water partition coefficient (Wildman–Crippen LogP) is 5.16. The van der Waals surface area contributed by atoms with Gasteiger partial charge in [-0.1, -0.05) is 47.7 Å². The number of benzene rings is 1. The van der Waals surface area contributed by atoms with Gasteiger partial charge < -0.3 is 4.57 Å². The first kappa shape index (κ1) is 23.6. The minimum Gasteiger partial charge on any atom is -0.347 e. The Labute approximate surface area is 210 Å². The Morgan fingerprint density at radius 2 is 1.61 bits per heavy atom. The van der Waals surface area contributed by atoms with Gasteiger partial charge in [-0.15, -0.1) is 35.4 Å². The molecule has 3 aromatic heterocycles. The number of aromatic nitrogens is 5. The van der Waals surface area contributed by atoms with E-state index in [0.29, 0.717) is 5.82 Å². The first-order valence-electron chi connectivity index (χ1n) is 11.0. The Morgan fingerprint density at radius 3 is 2.36 bits per heavy atom. The zero-order valence-corrected chi connectivity index (χ0v) is 22.4. The quantitative estimate of drug-likeness (QED) is 0.256. The molecule has 172 valence electrons. The van der Waals surface area contributed by atoms with E-state index in [9.17, 15) is 0 Å². The van der Waals surface area contributed by atoms with Gasteiger partial charge in [0, 0.05) is 29.8 Å². The molecule has 4 aromatic rings. The molecule has 0 saturated heterocycles. The van der Waals surface area contributed by atoms with Crippen molar-refractivity contribution in [1.29, 1.82) is 0 Å². The first-order valence-corrected chi connectivity index (χ1v) is 11.0. The van der Waals surface area contributed by atoms with Gasteiger partial charge in [-0.3, -0.25) is 9.97 Å². The van der Waals surface area contributed by atoms with Gasteiger partial charge in [-0.05, 0) is 17.7 Å². The minimum absolute atomic E-state index is 0. The van der Waals surface area contributed by atoms with Crippen LogP contribution >= 0.6 is 0 Å².